The summed E-state index contributed by atoms with van der Waals surface area (Å²) >= 11 is 0. The van der Waals surface area contributed by atoms with Crippen LogP contribution >= 0.6 is 0 Å². The van der Waals surface area contributed by atoms with Gasteiger partial charge in [0.1, 0.15) is 11.9 Å². The van der Waals surface area contributed by atoms with Crippen LogP contribution in [0.25, 0.3) is 0 Å². The molecule has 1 heterocycles. The maximum atomic E-state index is 11.2. The Kier molecular flexibility index (Phi) is 3.80. The topological polar surface area (TPSA) is 55.4 Å². The Balaban J connectivity index is 2.07. The fourth-order valence-electron chi connectivity index (χ4n) is 2.19. The molecule has 0 radical (unpaired) electrons. The zero-order valence-corrected chi connectivity index (χ0v) is 11.6. The number of hydrogen-bond acceptors (Lipinski definition) is 3. The minimum absolute atomic E-state index is 0.244. The molecule has 1 unspecified atom stereocenters. The first kappa shape index (κ1) is 13.2. The van der Waals surface area contributed by atoms with Crippen LogP contribution in [0.5, 0.6) is 5.75 Å². The molecule has 1 N–H and O–H groups in total. The second kappa shape index (κ2) is 5.18. The number of rotatable bonds is 5. The van der Waals surface area contributed by atoms with Gasteiger partial charge in [0.15, 0.2) is 0 Å². The lowest BCUT2D eigenvalue weighted by atomic mass is 10.1. The summed E-state index contributed by atoms with van der Waals surface area (Å²) in [4.78, 5) is 0. The minimum atomic E-state index is -3.21. The zero-order valence-electron chi connectivity index (χ0n) is 10.8. The molecule has 0 aliphatic carbocycles. The molecule has 1 aliphatic rings. The molecule has 0 amide bonds. The Hall–Kier alpha value is -1.23. The van der Waals surface area contributed by atoms with E-state index in [1.807, 2.05) is 12.1 Å². The number of fused-ring (bicyclic) bond motifs is 1. The van der Waals surface area contributed by atoms with Gasteiger partial charge < -0.3 is 4.74 Å². The van der Waals surface area contributed by atoms with E-state index in [0.717, 1.165) is 43.3 Å². The molecule has 0 bridgehead atoms. The Morgan fingerprint density at radius 2 is 2.22 bits per heavy atom. The van der Waals surface area contributed by atoms with E-state index in [0.29, 0.717) is 5.69 Å². The van der Waals surface area contributed by atoms with Gasteiger partial charge >= 0.3 is 0 Å². The van der Waals surface area contributed by atoms with Crippen LogP contribution in [0.15, 0.2) is 18.2 Å². The van der Waals surface area contributed by atoms with Crippen molar-refractivity contribution in [1.82, 2.24) is 0 Å². The first-order chi connectivity index (χ1) is 8.48. The van der Waals surface area contributed by atoms with Gasteiger partial charge in [0.2, 0.25) is 10.0 Å². The average Bonchev–Trinajstić information content (AvgIpc) is 2.66. The molecular weight excluding hydrogens is 250 g/mol. The number of hydrogen-bond donors (Lipinski definition) is 1. The minimum Gasteiger partial charge on any atom is -0.490 e. The fourth-order valence-corrected chi connectivity index (χ4v) is 2.75. The third kappa shape index (κ3) is 3.38. The summed E-state index contributed by atoms with van der Waals surface area (Å²) in [5.74, 6) is 0.884. The van der Waals surface area contributed by atoms with Crippen LogP contribution in [0, 0.1) is 0 Å². The quantitative estimate of drug-likeness (QED) is 0.893. The summed E-state index contributed by atoms with van der Waals surface area (Å²) in [6.45, 7) is 2.16. The molecule has 1 aliphatic heterocycles. The van der Waals surface area contributed by atoms with Gasteiger partial charge in [-0.25, -0.2) is 8.42 Å². The molecule has 0 aromatic heterocycles. The van der Waals surface area contributed by atoms with E-state index in [1.165, 1.54) is 0 Å². The van der Waals surface area contributed by atoms with Crippen molar-refractivity contribution in [3.8, 4) is 5.75 Å². The highest BCUT2D eigenvalue weighted by Gasteiger charge is 2.22. The van der Waals surface area contributed by atoms with E-state index in [2.05, 4.69) is 11.6 Å². The van der Waals surface area contributed by atoms with E-state index >= 15 is 0 Å². The first-order valence-electron chi connectivity index (χ1n) is 6.25. The zero-order chi connectivity index (χ0) is 13.2. The Bertz CT molecular complexity index is 525. The summed E-state index contributed by atoms with van der Waals surface area (Å²) in [6, 6.07) is 5.44. The molecule has 5 heteroatoms. The average molecular weight is 269 g/mol. The number of sulfonamides is 1. The molecule has 0 spiro atoms. The molecule has 100 valence electrons. The van der Waals surface area contributed by atoms with Crippen LogP contribution in [0.1, 0.15) is 31.7 Å². The van der Waals surface area contributed by atoms with Crippen molar-refractivity contribution in [2.24, 2.45) is 0 Å². The maximum Gasteiger partial charge on any atom is 0.229 e. The van der Waals surface area contributed by atoms with Crippen molar-refractivity contribution in [3.05, 3.63) is 23.8 Å². The number of benzene rings is 1. The highest BCUT2D eigenvalue weighted by atomic mass is 32.2. The van der Waals surface area contributed by atoms with Crippen LogP contribution < -0.4 is 9.46 Å². The van der Waals surface area contributed by atoms with Crippen molar-refractivity contribution in [2.45, 2.75) is 38.7 Å². The van der Waals surface area contributed by atoms with Gasteiger partial charge in [-0.3, -0.25) is 4.72 Å². The fraction of sp³-hybridized carbons (Fsp3) is 0.538. The molecule has 4 nitrogen and oxygen atoms in total. The molecular formula is C13H19NO3S. The second-order valence-electron chi connectivity index (χ2n) is 4.78. The Morgan fingerprint density at radius 3 is 2.89 bits per heavy atom. The second-order valence-corrected chi connectivity index (χ2v) is 6.53. The molecule has 18 heavy (non-hydrogen) atoms. The Morgan fingerprint density at radius 1 is 1.44 bits per heavy atom. The van der Waals surface area contributed by atoms with Crippen molar-refractivity contribution in [2.75, 3.05) is 11.0 Å². The summed E-state index contributed by atoms with van der Waals surface area (Å²) < 4.78 is 30.6. The van der Waals surface area contributed by atoms with Gasteiger partial charge in [-0.1, -0.05) is 19.8 Å². The highest BCUT2D eigenvalue weighted by Crippen LogP contribution is 2.32. The van der Waals surface area contributed by atoms with Gasteiger partial charge in [-0.05, 0) is 30.2 Å². The summed E-state index contributed by atoms with van der Waals surface area (Å²) in [7, 11) is -3.21. The predicted octanol–water partition coefficient (Wildman–Crippen LogP) is 2.55. The Labute approximate surface area is 108 Å². The van der Waals surface area contributed by atoms with Gasteiger partial charge in [0, 0.05) is 12.1 Å². The summed E-state index contributed by atoms with van der Waals surface area (Å²) in [5.41, 5.74) is 1.70. The van der Waals surface area contributed by atoms with E-state index in [9.17, 15) is 8.42 Å². The van der Waals surface area contributed by atoms with E-state index in [1.54, 1.807) is 6.07 Å². The van der Waals surface area contributed by atoms with E-state index in [-0.39, 0.29) is 6.10 Å². The lowest BCUT2D eigenvalue weighted by Gasteiger charge is -2.08. The third-order valence-electron chi connectivity index (χ3n) is 2.98. The van der Waals surface area contributed by atoms with Crippen molar-refractivity contribution in [1.29, 1.82) is 0 Å². The molecule has 0 saturated carbocycles. The van der Waals surface area contributed by atoms with E-state index in [4.69, 9.17) is 4.74 Å². The van der Waals surface area contributed by atoms with Crippen molar-refractivity contribution >= 4 is 15.7 Å². The molecule has 0 saturated heterocycles. The summed E-state index contributed by atoms with van der Waals surface area (Å²) in [6.07, 6.45) is 5.65. The highest BCUT2D eigenvalue weighted by molar-refractivity contribution is 7.92. The third-order valence-corrected chi connectivity index (χ3v) is 3.59. The number of unbranched alkanes of at least 4 members (excludes halogenated alkanes) is 1. The number of anilines is 1. The predicted molar refractivity (Wildman–Crippen MR) is 72.6 cm³/mol. The van der Waals surface area contributed by atoms with Gasteiger partial charge in [0.25, 0.3) is 0 Å². The van der Waals surface area contributed by atoms with E-state index < -0.39 is 10.0 Å². The standard InChI is InChI=1S/C13H19NO3S/c1-3-4-5-12-9-10-8-11(14-18(2,15)16)6-7-13(10)17-12/h6-8,12,14H,3-5,9H2,1-2H3. The van der Waals surface area contributed by atoms with Gasteiger partial charge in [-0.2, -0.15) is 0 Å². The SMILES string of the molecule is CCCCC1Cc2cc(NS(C)(=O)=O)ccc2O1. The summed E-state index contributed by atoms with van der Waals surface area (Å²) in [5, 5.41) is 0. The van der Waals surface area contributed by atoms with Crippen molar-refractivity contribution in [3.63, 3.8) is 0 Å². The van der Waals surface area contributed by atoms with Gasteiger partial charge in [-0.15, -0.1) is 0 Å². The van der Waals surface area contributed by atoms with Crippen LogP contribution in [-0.4, -0.2) is 20.8 Å². The normalized spacial score (nSPS) is 18.2. The van der Waals surface area contributed by atoms with Crippen LogP contribution in [0.3, 0.4) is 0 Å². The first-order valence-corrected chi connectivity index (χ1v) is 8.14. The molecule has 1 aromatic rings. The van der Waals surface area contributed by atoms with Gasteiger partial charge in [0.05, 0.1) is 6.26 Å². The molecule has 0 fully saturated rings. The lowest BCUT2D eigenvalue weighted by molar-refractivity contribution is 0.217. The number of nitrogens with one attached hydrogen (secondary N) is 1. The maximum absolute atomic E-state index is 11.2. The van der Waals surface area contributed by atoms with Crippen LogP contribution in [0.4, 0.5) is 5.69 Å². The molecule has 2 rings (SSSR count). The monoisotopic (exact) mass is 269 g/mol. The largest absolute Gasteiger partial charge is 0.490 e. The van der Waals surface area contributed by atoms with Crippen molar-refractivity contribution < 1.29 is 13.2 Å². The number of ether oxygens (including phenoxy) is 1. The lowest BCUT2D eigenvalue weighted by Crippen LogP contribution is -2.12. The van der Waals surface area contributed by atoms with Crippen LogP contribution in [0.2, 0.25) is 0 Å². The smallest absolute Gasteiger partial charge is 0.229 e. The van der Waals surface area contributed by atoms with Crippen LogP contribution in [-0.2, 0) is 16.4 Å². The molecule has 1 atom stereocenters. The molecule has 1 aromatic carbocycles.